The second-order valence-corrected chi connectivity index (χ2v) is 6.31. The number of rotatable bonds is 5. The highest BCUT2D eigenvalue weighted by Crippen LogP contribution is 2.32. The fraction of sp³-hybridized carbons (Fsp3) is 0.556. The van der Waals surface area contributed by atoms with Gasteiger partial charge >= 0.3 is 0 Å². The molecule has 0 unspecified atom stereocenters. The Balaban J connectivity index is 1.94. The molecule has 2 rings (SSSR count). The summed E-state index contributed by atoms with van der Waals surface area (Å²) in [5.74, 6) is 0.0295. The zero-order valence-corrected chi connectivity index (χ0v) is 13.6. The van der Waals surface area contributed by atoms with Crippen LogP contribution in [0.25, 0.3) is 0 Å². The molecule has 4 nitrogen and oxygen atoms in total. The molecule has 0 saturated heterocycles. The molecule has 0 heterocycles. The number of amides is 1. The van der Waals surface area contributed by atoms with Crippen molar-refractivity contribution in [2.24, 2.45) is 0 Å². The van der Waals surface area contributed by atoms with Gasteiger partial charge in [-0.3, -0.25) is 9.69 Å². The zero-order chi connectivity index (χ0) is 16.0. The highest BCUT2D eigenvalue weighted by molar-refractivity contribution is 5.79. The van der Waals surface area contributed by atoms with Crippen LogP contribution in [0.1, 0.15) is 37.7 Å². The molecule has 1 amide bonds. The van der Waals surface area contributed by atoms with Crippen LogP contribution in [-0.4, -0.2) is 41.9 Å². The van der Waals surface area contributed by atoms with Crippen LogP contribution in [0.4, 0.5) is 0 Å². The first-order valence-corrected chi connectivity index (χ1v) is 7.98. The number of nitrogens with zero attached hydrogens (tertiary/aromatic N) is 3. The van der Waals surface area contributed by atoms with Crippen molar-refractivity contribution in [3.05, 3.63) is 35.9 Å². The lowest BCUT2D eigenvalue weighted by atomic mass is 9.81. The summed E-state index contributed by atoms with van der Waals surface area (Å²) >= 11 is 0. The summed E-state index contributed by atoms with van der Waals surface area (Å²) in [6.45, 7) is 1.08. The fourth-order valence-electron chi connectivity index (χ4n) is 3.19. The van der Waals surface area contributed by atoms with Crippen LogP contribution in [0.15, 0.2) is 30.3 Å². The van der Waals surface area contributed by atoms with Gasteiger partial charge in [0.25, 0.3) is 0 Å². The summed E-state index contributed by atoms with van der Waals surface area (Å²) < 4.78 is 0. The summed E-state index contributed by atoms with van der Waals surface area (Å²) in [4.78, 5) is 16.2. The second-order valence-electron chi connectivity index (χ2n) is 6.31. The number of likely N-dealkylation sites (N-methyl/N-ethyl adjacent to an activating group) is 2. The van der Waals surface area contributed by atoms with E-state index in [0.29, 0.717) is 6.54 Å². The Bertz CT molecular complexity index is 529. The number of hydrogen-bond donors (Lipinski definition) is 0. The molecule has 0 bridgehead atoms. The number of nitriles is 1. The van der Waals surface area contributed by atoms with Gasteiger partial charge in [-0.2, -0.15) is 5.26 Å². The van der Waals surface area contributed by atoms with Gasteiger partial charge < -0.3 is 4.90 Å². The van der Waals surface area contributed by atoms with E-state index in [0.717, 1.165) is 32.2 Å². The van der Waals surface area contributed by atoms with Gasteiger partial charge in [-0.15, -0.1) is 0 Å². The topological polar surface area (TPSA) is 47.3 Å². The Morgan fingerprint density at radius 3 is 2.41 bits per heavy atom. The molecule has 1 saturated carbocycles. The molecule has 1 fully saturated rings. The number of carbonyl (C=O) groups is 1. The van der Waals surface area contributed by atoms with Gasteiger partial charge in [-0.25, -0.2) is 0 Å². The van der Waals surface area contributed by atoms with E-state index in [4.69, 9.17) is 0 Å². The van der Waals surface area contributed by atoms with Crippen molar-refractivity contribution >= 4 is 5.91 Å². The minimum atomic E-state index is -0.594. The highest BCUT2D eigenvalue weighted by atomic mass is 16.2. The molecule has 1 aliphatic carbocycles. The third kappa shape index (κ3) is 3.86. The van der Waals surface area contributed by atoms with Gasteiger partial charge in [0.15, 0.2) is 0 Å². The Morgan fingerprint density at radius 1 is 1.18 bits per heavy atom. The number of hydrogen-bond acceptors (Lipinski definition) is 3. The van der Waals surface area contributed by atoms with Crippen molar-refractivity contribution in [1.29, 1.82) is 5.26 Å². The highest BCUT2D eigenvalue weighted by Gasteiger charge is 2.38. The molecule has 22 heavy (non-hydrogen) atoms. The molecule has 0 aromatic heterocycles. The van der Waals surface area contributed by atoms with E-state index in [2.05, 4.69) is 18.2 Å². The first-order valence-electron chi connectivity index (χ1n) is 7.98. The molecule has 4 heteroatoms. The first-order chi connectivity index (χ1) is 10.6. The molecule has 0 aliphatic heterocycles. The van der Waals surface area contributed by atoms with E-state index in [-0.39, 0.29) is 5.91 Å². The van der Waals surface area contributed by atoms with Crippen molar-refractivity contribution in [3.63, 3.8) is 0 Å². The van der Waals surface area contributed by atoms with Gasteiger partial charge in [0.1, 0.15) is 5.54 Å². The van der Waals surface area contributed by atoms with Crippen molar-refractivity contribution in [2.75, 3.05) is 20.6 Å². The van der Waals surface area contributed by atoms with Crippen molar-refractivity contribution in [1.82, 2.24) is 9.80 Å². The lowest BCUT2D eigenvalue weighted by molar-refractivity contribution is -0.135. The first kappa shape index (κ1) is 16.5. The maximum Gasteiger partial charge on any atom is 0.237 e. The Morgan fingerprint density at radius 2 is 1.82 bits per heavy atom. The summed E-state index contributed by atoms with van der Waals surface area (Å²) in [5.41, 5.74) is 0.594. The van der Waals surface area contributed by atoms with Crippen molar-refractivity contribution in [2.45, 2.75) is 44.2 Å². The zero-order valence-electron chi connectivity index (χ0n) is 13.6. The van der Waals surface area contributed by atoms with E-state index in [1.165, 1.54) is 12.0 Å². The predicted octanol–water partition coefficient (Wildman–Crippen LogP) is 2.80. The summed E-state index contributed by atoms with van der Waals surface area (Å²) in [6, 6.07) is 12.5. The molecule has 0 N–H and O–H groups in total. The normalized spacial score (nSPS) is 17.0. The minimum absolute atomic E-state index is 0.0295. The predicted molar refractivity (Wildman–Crippen MR) is 87.0 cm³/mol. The van der Waals surface area contributed by atoms with Gasteiger partial charge in [0, 0.05) is 13.6 Å². The molecule has 0 radical (unpaired) electrons. The lowest BCUT2D eigenvalue weighted by Gasteiger charge is -2.39. The number of carbonyl (C=O) groups excluding carboxylic acids is 1. The average molecular weight is 299 g/mol. The van der Waals surface area contributed by atoms with E-state index < -0.39 is 5.54 Å². The van der Waals surface area contributed by atoms with Gasteiger partial charge in [-0.1, -0.05) is 49.6 Å². The van der Waals surface area contributed by atoms with E-state index in [1.807, 2.05) is 30.1 Å². The van der Waals surface area contributed by atoms with Gasteiger partial charge in [0.05, 0.1) is 12.6 Å². The van der Waals surface area contributed by atoms with Crippen LogP contribution in [-0.2, 0) is 11.3 Å². The molecule has 1 aromatic carbocycles. The van der Waals surface area contributed by atoms with E-state index >= 15 is 0 Å². The Hall–Kier alpha value is -1.86. The third-order valence-corrected chi connectivity index (χ3v) is 4.61. The van der Waals surface area contributed by atoms with Crippen molar-refractivity contribution in [3.8, 4) is 6.07 Å². The summed E-state index contributed by atoms with van der Waals surface area (Å²) in [5, 5.41) is 9.57. The maximum atomic E-state index is 12.5. The molecule has 118 valence electrons. The molecule has 1 aromatic rings. The summed E-state index contributed by atoms with van der Waals surface area (Å²) in [6.07, 6.45) is 4.83. The average Bonchev–Trinajstić information content (AvgIpc) is 2.55. The molecular formula is C18H25N3O. The lowest BCUT2D eigenvalue weighted by Crippen LogP contribution is -2.52. The van der Waals surface area contributed by atoms with E-state index in [9.17, 15) is 10.1 Å². The van der Waals surface area contributed by atoms with Crippen LogP contribution in [0.2, 0.25) is 0 Å². The third-order valence-electron chi connectivity index (χ3n) is 4.61. The smallest absolute Gasteiger partial charge is 0.237 e. The van der Waals surface area contributed by atoms with Gasteiger partial charge in [-0.05, 0) is 25.5 Å². The standard InChI is InChI=1S/C18H25N3O/c1-20(13-16-9-5-3-6-10-16)14-17(22)21(2)18(15-19)11-7-4-8-12-18/h3,5-6,9-10H,4,7-8,11-14H2,1-2H3. The van der Waals surface area contributed by atoms with Crippen LogP contribution in [0, 0.1) is 11.3 Å². The maximum absolute atomic E-state index is 12.5. The van der Waals surface area contributed by atoms with E-state index in [1.54, 1.807) is 11.9 Å². The number of benzene rings is 1. The van der Waals surface area contributed by atoms with Crippen molar-refractivity contribution < 1.29 is 4.79 Å². The molecule has 0 atom stereocenters. The Kier molecular flexibility index (Phi) is 5.57. The van der Waals surface area contributed by atoms with Gasteiger partial charge in [0.2, 0.25) is 5.91 Å². The van der Waals surface area contributed by atoms with Crippen LogP contribution < -0.4 is 0 Å². The van der Waals surface area contributed by atoms with Crippen LogP contribution in [0.5, 0.6) is 0 Å². The minimum Gasteiger partial charge on any atom is -0.326 e. The summed E-state index contributed by atoms with van der Waals surface area (Å²) in [7, 11) is 3.73. The Labute approximate surface area is 133 Å². The van der Waals surface area contributed by atoms with Crippen LogP contribution >= 0.6 is 0 Å². The fourth-order valence-corrected chi connectivity index (χ4v) is 3.19. The van der Waals surface area contributed by atoms with Crippen LogP contribution in [0.3, 0.4) is 0 Å². The largest absolute Gasteiger partial charge is 0.326 e. The SMILES string of the molecule is CN(CC(=O)N(C)C1(C#N)CCCCC1)Cc1ccccc1. The second kappa shape index (κ2) is 7.42. The quantitative estimate of drug-likeness (QED) is 0.840. The monoisotopic (exact) mass is 299 g/mol. The molecule has 1 aliphatic rings. The molecular weight excluding hydrogens is 274 g/mol. The molecule has 0 spiro atoms.